The van der Waals surface area contributed by atoms with Gasteiger partial charge in [0.25, 0.3) is 0 Å². The maximum Gasteiger partial charge on any atom is 0.180 e. The molecule has 0 aromatic carbocycles. The van der Waals surface area contributed by atoms with Crippen LogP contribution in [0, 0.1) is 11.6 Å². The van der Waals surface area contributed by atoms with Gasteiger partial charge in [0.2, 0.25) is 0 Å². The van der Waals surface area contributed by atoms with E-state index in [-0.39, 0.29) is 6.04 Å². The van der Waals surface area contributed by atoms with Crippen LogP contribution < -0.4 is 11.1 Å². The maximum absolute atomic E-state index is 13.6. The van der Waals surface area contributed by atoms with Crippen molar-refractivity contribution in [3.05, 3.63) is 66.4 Å². The van der Waals surface area contributed by atoms with Gasteiger partial charge in [0.05, 0.1) is 36.0 Å². The Morgan fingerprint density at radius 1 is 1.00 bits per heavy atom. The van der Waals surface area contributed by atoms with Gasteiger partial charge in [-0.05, 0) is 30.7 Å². The first-order chi connectivity index (χ1) is 14.5. The van der Waals surface area contributed by atoms with Crippen molar-refractivity contribution in [1.82, 2.24) is 24.3 Å². The number of imidazole rings is 1. The van der Waals surface area contributed by atoms with Crippen molar-refractivity contribution in [2.24, 2.45) is 0 Å². The lowest BCUT2D eigenvalue weighted by Gasteiger charge is -2.18. The molecule has 0 aliphatic heterocycles. The largest absolute Gasteiger partial charge is 0.394 e. The molecule has 4 rings (SSSR count). The zero-order valence-corrected chi connectivity index (χ0v) is 17.0. The zero-order valence-electron chi connectivity index (χ0n) is 17.0. The van der Waals surface area contributed by atoms with Crippen molar-refractivity contribution in [2.45, 2.75) is 33.2 Å². The number of nitrogens with zero attached hydrogens (tertiary/aromatic N) is 5. The molecule has 4 aromatic rings. The van der Waals surface area contributed by atoms with Crippen LogP contribution in [-0.4, -0.2) is 24.3 Å². The minimum atomic E-state index is -0.401. The maximum atomic E-state index is 13.6. The Labute approximate surface area is 173 Å². The molecule has 7 nitrogen and oxygen atoms in total. The lowest BCUT2D eigenvalue weighted by Crippen LogP contribution is -2.14. The molecule has 0 saturated carbocycles. The normalized spacial score (nSPS) is 11.6. The van der Waals surface area contributed by atoms with E-state index >= 15 is 0 Å². The molecule has 0 radical (unpaired) electrons. The van der Waals surface area contributed by atoms with Crippen molar-refractivity contribution in [3.8, 4) is 11.5 Å². The van der Waals surface area contributed by atoms with Crippen molar-refractivity contribution in [3.63, 3.8) is 0 Å². The van der Waals surface area contributed by atoms with Gasteiger partial charge in [-0.1, -0.05) is 20.8 Å². The first-order valence-electron chi connectivity index (χ1n) is 9.68. The first-order valence-corrected chi connectivity index (χ1v) is 9.68. The van der Waals surface area contributed by atoms with E-state index in [1.54, 1.807) is 22.7 Å². The number of hydrogen-bond donors (Lipinski definition) is 2. The SMILES string of the molecule is CC.CCC(Nc1nc(-c2cnc3ccc(F)cn23)ncc1N)c1ccc(F)cn1. The van der Waals surface area contributed by atoms with Gasteiger partial charge in [-0.2, -0.15) is 0 Å². The minimum Gasteiger partial charge on any atom is -0.394 e. The topological polar surface area (TPSA) is 94.0 Å². The van der Waals surface area contributed by atoms with Crippen LogP contribution in [0.4, 0.5) is 20.3 Å². The Hall–Kier alpha value is -3.62. The lowest BCUT2D eigenvalue weighted by atomic mass is 10.1. The van der Waals surface area contributed by atoms with Crippen LogP contribution in [0.15, 0.2) is 49.1 Å². The Bertz CT molecular complexity index is 1130. The van der Waals surface area contributed by atoms with Gasteiger partial charge < -0.3 is 11.1 Å². The Morgan fingerprint density at radius 3 is 2.47 bits per heavy atom. The molecular weight excluding hydrogens is 388 g/mol. The fourth-order valence-electron chi connectivity index (χ4n) is 2.89. The number of aromatic nitrogens is 5. The second-order valence-corrected chi connectivity index (χ2v) is 6.22. The molecular formula is C21H23F2N7. The Balaban J connectivity index is 0.00000124. The van der Waals surface area contributed by atoms with Gasteiger partial charge in [-0.15, -0.1) is 0 Å². The second kappa shape index (κ2) is 9.25. The average molecular weight is 411 g/mol. The summed E-state index contributed by atoms with van der Waals surface area (Å²) in [7, 11) is 0. The lowest BCUT2D eigenvalue weighted by molar-refractivity contribution is 0.614. The molecule has 0 amide bonds. The van der Waals surface area contributed by atoms with Crippen molar-refractivity contribution in [2.75, 3.05) is 11.1 Å². The standard InChI is InChI=1S/C19H17F2N7.C2H6/c1-2-14(15-5-3-11(20)7-23-15)26-18-13(22)8-25-19(27-18)16-9-24-17-6-4-12(21)10-28(16)17;1-2/h3-10,14H,2,22H2,1H3,(H,25,26,27);1-2H3. The quantitative estimate of drug-likeness (QED) is 0.497. The van der Waals surface area contributed by atoms with E-state index in [1.807, 2.05) is 20.8 Å². The summed E-state index contributed by atoms with van der Waals surface area (Å²) in [6.07, 6.45) is 6.22. The predicted octanol–water partition coefficient (Wildman–Crippen LogP) is 4.64. The fraction of sp³-hybridized carbons (Fsp3) is 0.238. The number of nitrogens with one attached hydrogen (secondary N) is 1. The zero-order chi connectivity index (χ0) is 21.7. The highest BCUT2D eigenvalue weighted by Crippen LogP contribution is 2.26. The summed E-state index contributed by atoms with van der Waals surface area (Å²) in [6, 6.07) is 5.66. The summed E-state index contributed by atoms with van der Waals surface area (Å²) in [6.45, 7) is 5.97. The van der Waals surface area contributed by atoms with Crippen LogP contribution in [0.5, 0.6) is 0 Å². The summed E-state index contributed by atoms with van der Waals surface area (Å²) in [5.41, 5.74) is 8.16. The van der Waals surface area contributed by atoms with Crippen LogP contribution in [0.2, 0.25) is 0 Å². The van der Waals surface area contributed by atoms with Crippen molar-refractivity contribution in [1.29, 1.82) is 0 Å². The Kier molecular flexibility index (Phi) is 6.51. The molecule has 1 unspecified atom stereocenters. The number of pyridine rings is 2. The van der Waals surface area contributed by atoms with Crippen LogP contribution in [0.1, 0.15) is 38.9 Å². The molecule has 0 fully saturated rings. The summed E-state index contributed by atoms with van der Waals surface area (Å²) in [5, 5.41) is 3.23. The van der Waals surface area contributed by atoms with Crippen molar-refractivity contribution < 1.29 is 8.78 Å². The van der Waals surface area contributed by atoms with E-state index in [1.165, 1.54) is 30.7 Å². The van der Waals surface area contributed by atoms with E-state index < -0.39 is 11.6 Å². The molecule has 0 saturated heterocycles. The van der Waals surface area contributed by atoms with E-state index in [0.29, 0.717) is 40.8 Å². The van der Waals surface area contributed by atoms with Gasteiger partial charge in [-0.3, -0.25) is 9.38 Å². The number of anilines is 2. The molecule has 4 aromatic heterocycles. The molecule has 4 heterocycles. The Morgan fingerprint density at radius 2 is 1.77 bits per heavy atom. The predicted molar refractivity (Wildman–Crippen MR) is 113 cm³/mol. The molecule has 1 atom stereocenters. The van der Waals surface area contributed by atoms with Crippen LogP contribution >= 0.6 is 0 Å². The molecule has 0 bridgehead atoms. The number of nitrogens with two attached hydrogens (primary N) is 1. The van der Waals surface area contributed by atoms with Gasteiger partial charge in [0.15, 0.2) is 11.6 Å². The van der Waals surface area contributed by atoms with Gasteiger partial charge >= 0.3 is 0 Å². The second-order valence-electron chi connectivity index (χ2n) is 6.22. The van der Waals surface area contributed by atoms with Gasteiger partial charge in [0.1, 0.15) is 23.0 Å². The molecule has 0 aliphatic carbocycles. The highest BCUT2D eigenvalue weighted by atomic mass is 19.1. The van der Waals surface area contributed by atoms with E-state index in [2.05, 4.69) is 25.3 Å². The number of halogens is 2. The molecule has 3 N–H and O–H groups in total. The summed E-state index contributed by atoms with van der Waals surface area (Å²) in [5.74, 6) is -0.0395. The van der Waals surface area contributed by atoms with Crippen LogP contribution in [0.25, 0.3) is 17.2 Å². The van der Waals surface area contributed by atoms with E-state index in [4.69, 9.17) is 5.73 Å². The smallest absolute Gasteiger partial charge is 0.180 e. The number of nitrogen functional groups attached to an aromatic ring is 1. The van der Waals surface area contributed by atoms with E-state index in [9.17, 15) is 8.78 Å². The third kappa shape index (κ3) is 4.35. The number of rotatable bonds is 5. The average Bonchev–Trinajstić information content (AvgIpc) is 3.18. The number of fused-ring (bicyclic) bond motifs is 1. The monoisotopic (exact) mass is 411 g/mol. The van der Waals surface area contributed by atoms with Crippen LogP contribution in [-0.2, 0) is 0 Å². The molecule has 30 heavy (non-hydrogen) atoms. The van der Waals surface area contributed by atoms with Crippen molar-refractivity contribution >= 4 is 17.2 Å². The van der Waals surface area contributed by atoms with Crippen LogP contribution in [0.3, 0.4) is 0 Å². The summed E-state index contributed by atoms with van der Waals surface area (Å²) < 4.78 is 28.4. The first kappa shape index (κ1) is 21.1. The third-order valence-corrected chi connectivity index (χ3v) is 4.34. The van der Waals surface area contributed by atoms with E-state index in [0.717, 1.165) is 0 Å². The minimum absolute atomic E-state index is 0.217. The van der Waals surface area contributed by atoms with Gasteiger partial charge in [0, 0.05) is 6.20 Å². The summed E-state index contributed by atoms with van der Waals surface area (Å²) >= 11 is 0. The summed E-state index contributed by atoms with van der Waals surface area (Å²) in [4.78, 5) is 17.1. The molecule has 0 spiro atoms. The fourth-order valence-corrected chi connectivity index (χ4v) is 2.89. The highest BCUT2D eigenvalue weighted by Gasteiger charge is 2.16. The third-order valence-electron chi connectivity index (χ3n) is 4.34. The molecule has 9 heteroatoms. The molecule has 0 aliphatic rings. The molecule has 156 valence electrons. The highest BCUT2D eigenvalue weighted by molar-refractivity contribution is 5.66. The number of hydrogen-bond acceptors (Lipinski definition) is 6. The van der Waals surface area contributed by atoms with Gasteiger partial charge in [-0.25, -0.2) is 23.7 Å².